The highest BCUT2D eigenvalue weighted by atomic mass is 32.1. The third kappa shape index (κ3) is 3.28. The second-order valence-electron chi connectivity index (χ2n) is 5.22. The SMILES string of the molecule is COCc1nc(N2CCCC(N(C)C)C2)sc1C(=O)O. The number of thiazole rings is 1. The molecular formula is C13H21N3O3S. The largest absolute Gasteiger partial charge is 0.477 e. The summed E-state index contributed by atoms with van der Waals surface area (Å²) in [5.74, 6) is -0.929. The van der Waals surface area contributed by atoms with E-state index in [1.165, 1.54) is 17.8 Å². The number of ether oxygens (including phenoxy) is 1. The van der Waals surface area contributed by atoms with Crippen LogP contribution >= 0.6 is 11.3 Å². The zero-order valence-corrected chi connectivity index (χ0v) is 12.9. The van der Waals surface area contributed by atoms with Gasteiger partial charge in [-0.1, -0.05) is 11.3 Å². The second-order valence-corrected chi connectivity index (χ2v) is 6.19. The van der Waals surface area contributed by atoms with Crippen molar-refractivity contribution in [2.45, 2.75) is 25.5 Å². The van der Waals surface area contributed by atoms with Crippen molar-refractivity contribution < 1.29 is 14.6 Å². The minimum Gasteiger partial charge on any atom is -0.477 e. The zero-order valence-electron chi connectivity index (χ0n) is 12.1. The van der Waals surface area contributed by atoms with Gasteiger partial charge in [0.1, 0.15) is 4.88 Å². The van der Waals surface area contributed by atoms with E-state index in [4.69, 9.17) is 4.74 Å². The van der Waals surface area contributed by atoms with Crippen LogP contribution in [0.3, 0.4) is 0 Å². The number of carboxylic acids is 1. The summed E-state index contributed by atoms with van der Waals surface area (Å²) in [6, 6.07) is 0.492. The first-order valence-electron chi connectivity index (χ1n) is 6.66. The Hall–Kier alpha value is -1.18. The highest BCUT2D eigenvalue weighted by Crippen LogP contribution is 2.29. The molecule has 0 saturated carbocycles. The summed E-state index contributed by atoms with van der Waals surface area (Å²) in [5, 5.41) is 10.0. The molecule has 7 heteroatoms. The first-order valence-corrected chi connectivity index (χ1v) is 7.48. The molecule has 0 spiro atoms. The molecule has 20 heavy (non-hydrogen) atoms. The maximum absolute atomic E-state index is 11.3. The van der Waals surface area contributed by atoms with Gasteiger partial charge < -0.3 is 19.6 Å². The fourth-order valence-corrected chi connectivity index (χ4v) is 3.37. The van der Waals surface area contributed by atoms with Crippen LogP contribution in [0.2, 0.25) is 0 Å². The maximum atomic E-state index is 11.3. The van der Waals surface area contributed by atoms with Crippen molar-refractivity contribution in [3.63, 3.8) is 0 Å². The first-order chi connectivity index (χ1) is 9.52. The fraction of sp³-hybridized carbons (Fsp3) is 0.692. The summed E-state index contributed by atoms with van der Waals surface area (Å²) in [6.07, 6.45) is 2.27. The first kappa shape index (κ1) is 15.2. The van der Waals surface area contributed by atoms with Crippen LogP contribution < -0.4 is 4.90 Å². The lowest BCUT2D eigenvalue weighted by atomic mass is 10.1. The molecule has 112 valence electrons. The number of anilines is 1. The lowest BCUT2D eigenvalue weighted by Crippen LogP contribution is -2.45. The van der Waals surface area contributed by atoms with Gasteiger partial charge in [-0.05, 0) is 26.9 Å². The van der Waals surface area contributed by atoms with Gasteiger partial charge in [0.15, 0.2) is 5.13 Å². The second kappa shape index (κ2) is 6.51. The number of methoxy groups -OCH3 is 1. The summed E-state index contributed by atoms with van der Waals surface area (Å²) in [4.78, 5) is 20.4. The van der Waals surface area contributed by atoms with Gasteiger partial charge in [0, 0.05) is 26.2 Å². The Balaban J connectivity index is 2.19. The quantitative estimate of drug-likeness (QED) is 0.889. The van der Waals surface area contributed by atoms with Gasteiger partial charge in [-0.15, -0.1) is 0 Å². The molecule has 1 saturated heterocycles. The number of aromatic carboxylic acids is 1. The fourth-order valence-electron chi connectivity index (χ4n) is 2.43. The summed E-state index contributed by atoms with van der Waals surface area (Å²) in [7, 11) is 5.71. The number of hydrogen-bond donors (Lipinski definition) is 1. The van der Waals surface area contributed by atoms with Gasteiger partial charge in [-0.3, -0.25) is 0 Å². The van der Waals surface area contributed by atoms with Crippen LogP contribution in [0, 0.1) is 0 Å². The molecule has 0 amide bonds. The molecule has 6 nitrogen and oxygen atoms in total. The molecule has 1 aliphatic heterocycles. The van der Waals surface area contributed by atoms with Crippen LogP contribution in [0.1, 0.15) is 28.2 Å². The predicted octanol–water partition coefficient (Wildman–Crippen LogP) is 1.52. The molecule has 1 aromatic heterocycles. The molecule has 2 heterocycles. The molecule has 1 unspecified atom stereocenters. The number of piperidine rings is 1. The van der Waals surface area contributed by atoms with E-state index in [0.717, 1.165) is 24.6 Å². The monoisotopic (exact) mass is 299 g/mol. The van der Waals surface area contributed by atoms with Gasteiger partial charge in [0.05, 0.1) is 12.3 Å². The number of nitrogens with zero attached hydrogens (tertiary/aromatic N) is 3. The average Bonchev–Trinajstić information content (AvgIpc) is 2.83. The minimum atomic E-state index is -0.929. The summed E-state index contributed by atoms with van der Waals surface area (Å²) >= 11 is 1.24. The number of carboxylic acid groups (broad SMARTS) is 1. The Morgan fingerprint density at radius 3 is 2.95 bits per heavy atom. The number of aromatic nitrogens is 1. The molecule has 1 fully saturated rings. The molecule has 0 aromatic carbocycles. The van der Waals surface area contributed by atoms with Crippen molar-refractivity contribution in [1.29, 1.82) is 0 Å². The van der Waals surface area contributed by atoms with Crippen molar-refractivity contribution in [2.24, 2.45) is 0 Å². The third-order valence-corrected chi connectivity index (χ3v) is 4.71. The molecule has 1 atom stereocenters. The van der Waals surface area contributed by atoms with E-state index in [9.17, 15) is 9.90 Å². The van der Waals surface area contributed by atoms with Crippen LogP contribution in [-0.2, 0) is 11.3 Å². The topological polar surface area (TPSA) is 65.9 Å². The highest BCUT2D eigenvalue weighted by molar-refractivity contribution is 7.17. The van der Waals surface area contributed by atoms with E-state index < -0.39 is 5.97 Å². The van der Waals surface area contributed by atoms with E-state index in [-0.39, 0.29) is 11.5 Å². The lowest BCUT2D eigenvalue weighted by molar-refractivity contribution is 0.0697. The van der Waals surface area contributed by atoms with Crippen molar-refractivity contribution in [2.75, 3.05) is 39.2 Å². The van der Waals surface area contributed by atoms with Crippen LogP contribution in [0.15, 0.2) is 0 Å². The summed E-state index contributed by atoms with van der Waals surface area (Å²) in [5.41, 5.74) is 0.520. The molecule has 1 aromatic rings. The van der Waals surface area contributed by atoms with E-state index in [0.29, 0.717) is 11.7 Å². The maximum Gasteiger partial charge on any atom is 0.347 e. The van der Waals surface area contributed by atoms with Gasteiger partial charge >= 0.3 is 5.97 Å². The highest BCUT2D eigenvalue weighted by Gasteiger charge is 2.26. The van der Waals surface area contributed by atoms with E-state index in [1.54, 1.807) is 7.11 Å². The standard InChI is InChI=1S/C13H21N3O3S/c1-15(2)9-5-4-6-16(7-9)13-14-10(8-19-3)11(20-13)12(17)18/h9H,4-8H2,1-3H3,(H,17,18). The van der Waals surface area contributed by atoms with Gasteiger partial charge in [-0.25, -0.2) is 9.78 Å². The molecule has 0 aliphatic carbocycles. The predicted molar refractivity (Wildman–Crippen MR) is 78.7 cm³/mol. The van der Waals surface area contributed by atoms with Gasteiger partial charge in [0.2, 0.25) is 0 Å². The van der Waals surface area contributed by atoms with E-state index in [1.807, 2.05) is 0 Å². The number of likely N-dealkylation sites (N-methyl/N-ethyl adjacent to an activating group) is 1. The van der Waals surface area contributed by atoms with Crippen LogP contribution in [0.25, 0.3) is 0 Å². The Labute approximate surface area is 123 Å². The van der Waals surface area contributed by atoms with Crippen molar-refractivity contribution in [3.8, 4) is 0 Å². The summed E-state index contributed by atoms with van der Waals surface area (Å²) in [6.45, 7) is 2.07. The average molecular weight is 299 g/mol. The van der Waals surface area contributed by atoms with Crippen molar-refractivity contribution in [3.05, 3.63) is 10.6 Å². The van der Waals surface area contributed by atoms with E-state index in [2.05, 4.69) is 28.9 Å². The Bertz CT molecular complexity index is 475. The van der Waals surface area contributed by atoms with Crippen molar-refractivity contribution in [1.82, 2.24) is 9.88 Å². The lowest BCUT2D eigenvalue weighted by Gasteiger charge is -2.35. The smallest absolute Gasteiger partial charge is 0.347 e. The summed E-state index contributed by atoms with van der Waals surface area (Å²) < 4.78 is 5.03. The molecule has 0 radical (unpaired) electrons. The molecule has 0 bridgehead atoms. The number of rotatable bonds is 5. The zero-order chi connectivity index (χ0) is 14.7. The molecule has 1 N–H and O–H groups in total. The van der Waals surface area contributed by atoms with E-state index >= 15 is 0 Å². The minimum absolute atomic E-state index is 0.239. The number of hydrogen-bond acceptors (Lipinski definition) is 6. The third-order valence-electron chi connectivity index (χ3n) is 3.56. The van der Waals surface area contributed by atoms with Crippen LogP contribution in [0.5, 0.6) is 0 Å². The molecular weight excluding hydrogens is 278 g/mol. The Morgan fingerprint density at radius 2 is 2.35 bits per heavy atom. The van der Waals surface area contributed by atoms with Gasteiger partial charge in [0.25, 0.3) is 0 Å². The van der Waals surface area contributed by atoms with Gasteiger partial charge in [-0.2, -0.15) is 0 Å². The normalized spacial score (nSPS) is 19.6. The van der Waals surface area contributed by atoms with Crippen LogP contribution in [-0.4, -0.2) is 61.3 Å². The number of carbonyl (C=O) groups is 1. The molecule has 2 rings (SSSR count). The Morgan fingerprint density at radius 1 is 1.60 bits per heavy atom. The van der Waals surface area contributed by atoms with Crippen LogP contribution in [0.4, 0.5) is 5.13 Å². The molecule has 1 aliphatic rings. The van der Waals surface area contributed by atoms with Crippen molar-refractivity contribution >= 4 is 22.4 Å². The Kier molecular flexibility index (Phi) is 4.95.